The van der Waals surface area contributed by atoms with E-state index in [1.807, 2.05) is 31.2 Å². The van der Waals surface area contributed by atoms with Gasteiger partial charge in [0.15, 0.2) is 11.5 Å². The molecule has 5 nitrogen and oxygen atoms in total. The molecule has 0 aromatic heterocycles. The fraction of sp³-hybridized carbons (Fsp3) is 0.562. The number of para-hydroxylation sites is 2. The number of rotatable bonds is 8. The number of esters is 1. The maximum absolute atomic E-state index is 12.0. The molecule has 0 amide bonds. The molecule has 0 aliphatic heterocycles. The molecule has 2 rings (SSSR count). The molecular weight excluding hydrogens is 270 g/mol. The Balaban J connectivity index is 1.93. The minimum Gasteiger partial charge on any atom is -0.493 e. The van der Waals surface area contributed by atoms with Gasteiger partial charge in [0.05, 0.1) is 20.8 Å². The van der Waals surface area contributed by atoms with E-state index in [4.69, 9.17) is 14.2 Å². The first-order chi connectivity index (χ1) is 10.1. The van der Waals surface area contributed by atoms with E-state index in [0.717, 1.165) is 12.8 Å². The SMILES string of the molecule is COC(=O)C(C)(CCOc1ccccc1OC)NC1CC1. The average Bonchev–Trinajstić information content (AvgIpc) is 3.30. The van der Waals surface area contributed by atoms with Gasteiger partial charge >= 0.3 is 5.97 Å². The van der Waals surface area contributed by atoms with Gasteiger partial charge in [-0.25, -0.2) is 0 Å². The third kappa shape index (κ3) is 4.11. The molecule has 5 heteroatoms. The van der Waals surface area contributed by atoms with Crippen LogP contribution in [-0.4, -0.2) is 38.4 Å². The van der Waals surface area contributed by atoms with Gasteiger partial charge in [-0.15, -0.1) is 0 Å². The molecule has 0 heterocycles. The van der Waals surface area contributed by atoms with Crippen molar-refractivity contribution in [3.8, 4) is 11.5 Å². The van der Waals surface area contributed by atoms with E-state index in [2.05, 4.69) is 5.32 Å². The molecule has 0 spiro atoms. The summed E-state index contributed by atoms with van der Waals surface area (Å²) in [6.07, 6.45) is 2.76. The summed E-state index contributed by atoms with van der Waals surface area (Å²) in [5.74, 6) is 1.11. The van der Waals surface area contributed by atoms with Gasteiger partial charge in [0.2, 0.25) is 0 Å². The van der Waals surface area contributed by atoms with E-state index in [1.54, 1.807) is 7.11 Å². The maximum atomic E-state index is 12.0. The summed E-state index contributed by atoms with van der Waals surface area (Å²) >= 11 is 0. The zero-order valence-electron chi connectivity index (χ0n) is 12.8. The summed E-state index contributed by atoms with van der Waals surface area (Å²) in [6, 6.07) is 7.89. The van der Waals surface area contributed by atoms with Crippen molar-refractivity contribution in [2.24, 2.45) is 0 Å². The number of benzene rings is 1. The summed E-state index contributed by atoms with van der Waals surface area (Å²) in [4.78, 5) is 12.0. The lowest BCUT2D eigenvalue weighted by molar-refractivity contribution is -0.148. The molecule has 0 saturated heterocycles. The van der Waals surface area contributed by atoms with Gasteiger partial charge in [-0.2, -0.15) is 0 Å². The Morgan fingerprint density at radius 3 is 2.52 bits per heavy atom. The first-order valence-corrected chi connectivity index (χ1v) is 7.21. The molecule has 1 aromatic carbocycles. The Morgan fingerprint density at radius 1 is 1.29 bits per heavy atom. The minimum absolute atomic E-state index is 0.252. The Labute approximate surface area is 125 Å². The smallest absolute Gasteiger partial charge is 0.325 e. The second kappa shape index (κ2) is 6.80. The summed E-state index contributed by atoms with van der Waals surface area (Å²) in [7, 11) is 3.02. The third-order valence-corrected chi connectivity index (χ3v) is 3.66. The number of hydrogen-bond acceptors (Lipinski definition) is 5. The van der Waals surface area contributed by atoms with Crippen LogP contribution in [0.25, 0.3) is 0 Å². The van der Waals surface area contributed by atoms with Gasteiger partial charge in [-0.3, -0.25) is 10.1 Å². The summed E-state index contributed by atoms with van der Waals surface area (Å²) in [6.45, 7) is 2.27. The summed E-state index contributed by atoms with van der Waals surface area (Å²) in [5.41, 5.74) is -0.710. The fourth-order valence-electron chi connectivity index (χ4n) is 2.24. The number of ether oxygens (including phenoxy) is 3. The van der Waals surface area contributed by atoms with E-state index < -0.39 is 5.54 Å². The van der Waals surface area contributed by atoms with Crippen molar-refractivity contribution >= 4 is 5.97 Å². The molecule has 0 radical (unpaired) electrons. The van der Waals surface area contributed by atoms with Crippen LogP contribution in [0.1, 0.15) is 26.2 Å². The topological polar surface area (TPSA) is 56.8 Å². The third-order valence-electron chi connectivity index (χ3n) is 3.66. The second-order valence-corrected chi connectivity index (χ2v) is 5.49. The highest BCUT2D eigenvalue weighted by Crippen LogP contribution is 2.28. The normalized spacial score (nSPS) is 16.9. The predicted octanol–water partition coefficient (Wildman–Crippen LogP) is 2.15. The molecule has 1 aliphatic rings. The average molecular weight is 293 g/mol. The fourth-order valence-corrected chi connectivity index (χ4v) is 2.24. The van der Waals surface area contributed by atoms with Crippen molar-refractivity contribution in [2.75, 3.05) is 20.8 Å². The maximum Gasteiger partial charge on any atom is 0.325 e. The number of nitrogens with one attached hydrogen (secondary N) is 1. The van der Waals surface area contributed by atoms with Crippen molar-refractivity contribution in [1.82, 2.24) is 5.32 Å². The second-order valence-electron chi connectivity index (χ2n) is 5.49. The van der Waals surface area contributed by atoms with Crippen LogP contribution in [0.5, 0.6) is 11.5 Å². The largest absolute Gasteiger partial charge is 0.493 e. The van der Waals surface area contributed by atoms with Crippen LogP contribution in [0, 0.1) is 0 Å². The highest BCUT2D eigenvalue weighted by atomic mass is 16.5. The van der Waals surface area contributed by atoms with E-state index in [1.165, 1.54) is 7.11 Å². The number of carbonyl (C=O) groups excluding carboxylic acids is 1. The van der Waals surface area contributed by atoms with Gasteiger partial charge in [0.1, 0.15) is 5.54 Å². The molecule has 1 atom stereocenters. The molecule has 1 fully saturated rings. The van der Waals surface area contributed by atoms with E-state index in [0.29, 0.717) is 30.6 Å². The lowest BCUT2D eigenvalue weighted by Gasteiger charge is -2.28. The van der Waals surface area contributed by atoms with Crippen LogP contribution in [0.2, 0.25) is 0 Å². The molecule has 1 N–H and O–H groups in total. The van der Waals surface area contributed by atoms with Crippen LogP contribution < -0.4 is 14.8 Å². The lowest BCUT2D eigenvalue weighted by atomic mass is 9.98. The molecule has 1 aromatic rings. The van der Waals surface area contributed by atoms with Crippen LogP contribution in [0.3, 0.4) is 0 Å². The molecule has 1 unspecified atom stereocenters. The Morgan fingerprint density at radius 2 is 1.95 bits per heavy atom. The van der Waals surface area contributed by atoms with E-state index in [-0.39, 0.29) is 5.97 Å². The molecular formula is C16H23NO4. The van der Waals surface area contributed by atoms with Crippen molar-refractivity contribution < 1.29 is 19.0 Å². The lowest BCUT2D eigenvalue weighted by Crippen LogP contribution is -2.52. The Hall–Kier alpha value is -1.75. The quantitative estimate of drug-likeness (QED) is 0.744. The number of carbonyl (C=O) groups is 1. The van der Waals surface area contributed by atoms with Crippen LogP contribution >= 0.6 is 0 Å². The Bertz CT molecular complexity index is 487. The highest BCUT2D eigenvalue weighted by molar-refractivity contribution is 5.80. The molecule has 116 valence electrons. The number of hydrogen-bond donors (Lipinski definition) is 1. The van der Waals surface area contributed by atoms with Crippen molar-refractivity contribution in [1.29, 1.82) is 0 Å². The molecule has 1 aliphatic carbocycles. The van der Waals surface area contributed by atoms with Gasteiger partial charge in [-0.05, 0) is 31.9 Å². The first kappa shape index (κ1) is 15.6. The van der Waals surface area contributed by atoms with Gasteiger partial charge in [-0.1, -0.05) is 12.1 Å². The highest BCUT2D eigenvalue weighted by Gasteiger charge is 2.39. The van der Waals surface area contributed by atoms with Crippen LogP contribution in [0.4, 0.5) is 0 Å². The van der Waals surface area contributed by atoms with Crippen molar-refractivity contribution in [3.63, 3.8) is 0 Å². The summed E-state index contributed by atoms with van der Waals surface area (Å²) in [5, 5.41) is 3.35. The van der Waals surface area contributed by atoms with E-state index >= 15 is 0 Å². The van der Waals surface area contributed by atoms with Gasteiger partial charge in [0, 0.05) is 12.5 Å². The standard InChI is InChI=1S/C16H23NO4/c1-16(15(18)20-3,17-12-8-9-12)10-11-21-14-7-5-4-6-13(14)19-2/h4-7,12,17H,8-11H2,1-3H3. The molecule has 0 bridgehead atoms. The van der Waals surface area contributed by atoms with Crippen molar-refractivity contribution in [3.05, 3.63) is 24.3 Å². The molecule has 21 heavy (non-hydrogen) atoms. The van der Waals surface area contributed by atoms with Crippen LogP contribution in [0.15, 0.2) is 24.3 Å². The zero-order chi connectivity index (χ0) is 15.3. The Kier molecular flexibility index (Phi) is 5.07. The first-order valence-electron chi connectivity index (χ1n) is 7.21. The summed E-state index contributed by atoms with van der Waals surface area (Å²) < 4.78 is 15.9. The minimum atomic E-state index is -0.710. The predicted molar refractivity (Wildman–Crippen MR) is 79.7 cm³/mol. The van der Waals surface area contributed by atoms with Crippen molar-refractivity contribution in [2.45, 2.75) is 37.8 Å². The van der Waals surface area contributed by atoms with Gasteiger partial charge in [0.25, 0.3) is 0 Å². The molecule has 1 saturated carbocycles. The van der Waals surface area contributed by atoms with Crippen LogP contribution in [-0.2, 0) is 9.53 Å². The monoisotopic (exact) mass is 293 g/mol. The van der Waals surface area contributed by atoms with Gasteiger partial charge < -0.3 is 14.2 Å². The zero-order valence-corrected chi connectivity index (χ0v) is 12.8. The number of methoxy groups -OCH3 is 2. The van der Waals surface area contributed by atoms with E-state index in [9.17, 15) is 4.79 Å².